The fourth-order valence-electron chi connectivity index (χ4n) is 4.01. The summed E-state index contributed by atoms with van der Waals surface area (Å²) in [5, 5.41) is 15.0. The van der Waals surface area contributed by atoms with Crippen LogP contribution in [0.2, 0.25) is 5.02 Å². The van der Waals surface area contributed by atoms with Crippen molar-refractivity contribution in [3.05, 3.63) is 81.4 Å². The van der Waals surface area contributed by atoms with Crippen molar-refractivity contribution < 1.29 is 33.4 Å². The van der Waals surface area contributed by atoms with Crippen LogP contribution in [0.3, 0.4) is 0 Å². The fourth-order valence-corrected chi connectivity index (χ4v) is 6.07. The molecule has 0 bridgehead atoms. The van der Waals surface area contributed by atoms with E-state index in [2.05, 4.69) is 20.8 Å². The number of para-hydroxylation sites is 1. The van der Waals surface area contributed by atoms with E-state index in [1.165, 1.54) is 0 Å². The highest BCUT2D eigenvalue weighted by Gasteiger charge is 2.27. The van der Waals surface area contributed by atoms with Gasteiger partial charge in [-0.15, -0.1) is 21.5 Å². The van der Waals surface area contributed by atoms with Gasteiger partial charge >= 0.3 is 11.9 Å². The normalized spacial score (nSPS) is 10.7. The van der Waals surface area contributed by atoms with Crippen molar-refractivity contribution in [3.8, 4) is 11.4 Å². The van der Waals surface area contributed by atoms with Crippen molar-refractivity contribution in [2.75, 3.05) is 30.9 Å². The molecule has 2 aromatic heterocycles. The number of aromatic nitrogens is 3. The number of thiophene rings is 1. The lowest BCUT2D eigenvalue weighted by Gasteiger charge is -2.12. The first kappa shape index (κ1) is 33.5. The van der Waals surface area contributed by atoms with Gasteiger partial charge in [0.05, 0.1) is 36.8 Å². The van der Waals surface area contributed by atoms with Crippen molar-refractivity contribution in [3.63, 3.8) is 0 Å². The summed E-state index contributed by atoms with van der Waals surface area (Å²) in [6, 6.07) is 15.9. The van der Waals surface area contributed by atoms with Crippen LogP contribution in [0.5, 0.6) is 5.75 Å². The Morgan fingerprint density at radius 3 is 2.40 bits per heavy atom. The van der Waals surface area contributed by atoms with Crippen molar-refractivity contribution in [2.24, 2.45) is 0 Å². The number of rotatable bonds is 14. The lowest BCUT2D eigenvalue weighted by atomic mass is 10.1. The molecule has 12 nitrogen and oxygen atoms in total. The summed E-state index contributed by atoms with van der Waals surface area (Å²) in [5.41, 5.74) is 1.08. The topological polar surface area (TPSA) is 151 Å². The molecule has 2 N–H and O–H groups in total. The van der Waals surface area contributed by atoms with Gasteiger partial charge in [-0.3, -0.25) is 14.2 Å². The van der Waals surface area contributed by atoms with Crippen LogP contribution >= 0.6 is 34.7 Å². The van der Waals surface area contributed by atoms with Gasteiger partial charge in [0.25, 0.3) is 5.91 Å². The molecular formula is C30H30ClN5O7S2. The predicted octanol–water partition coefficient (Wildman–Crippen LogP) is 5.07. The summed E-state index contributed by atoms with van der Waals surface area (Å²) in [7, 11) is 0. The molecule has 0 spiro atoms. The molecule has 4 aromatic rings. The summed E-state index contributed by atoms with van der Waals surface area (Å²) < 4.78 is 17.4. The van der Waals surface area contributed by atoms with E-state index in [1.807, 2.05) is 18.2 Å². The number of amides is 2. The first-order valence-corrected chi connectivity index (χ1v) is 15.9. The van der Waals surface area contributed by atoms with Crippen LogP contribution in [0.15, 0.2) is 59.8 Å². The Bertz CT molecular complexity index is 1680. The number of nitrogens with zero attached hydrogens (tertiary/aromatic N) is 3. The van der Waals surface area contributed by atoms with Crippen LogP contribution in [0, 0.1) is 6.92 Å². The second kappa shape index (κ2) is 16.1. The van der Waals surface area contributed by atoms with E-state index in [0.29, 0.717) is 33.0 Å². The standard InChI is InChI=1S/C30H30ClN5O7S2/c1-4-41-28(39)25-18(3)26(29(40)42-5-2)45-27(25)33-24(38)17-44-30-35-34-22(36(30)20-11-9-10-19(31)14-20)15-32-23(37)16-43-21-12-7-6-8-13-21/h6-14H,4-5,15-17H2,1-3H3,(H,32,37)(H,33,38). The molecular weight excluding hydrogens is 642 g/mol. The smallest absolute Gasteiger partial charge is 0.348 e. The highest BCUT2D eigenvalue weighted by atomic mass is 35.5. The number of esters is 2. The number of carbonyl (C=O) groups excluding carboxylic acids is 4. The Hall–Kier alpha value is -4.40. The Labute approximate surface area is 272 Å². The van der Waals surface area contributed by atoms with Crippen LogP contribution < -0.4 is 15.4 Å². The number of nitrogens with one attached hydrogen (secondary N) is 2. The molecule has 4 rings (SSSR count). The molecule has 45 heavy (non-hydrogen) atoms. The minimum absolute atomic E-state index is 0.0251. The molecule has 0 aliphatic heterocycles. The van der Waals surface area contributed by atoms with Crippen molar-refractivity contribution in [1.29, 1.82) is 0 Å². The Balaban J connectivity index is 1.49. The predicted molar refractivity (Wildman–Crippen MR) is 170 cm³/mol. The van der Waals surface area contributed by atoms with E-state index in [4.69, 9.17) is 25.8 Å². The number of carbonyl (C=O) groups is 4. The van der Waals surface area contributed by atoms with E-state index in [9.17, 15) is 19.2 Å². The van der Waals surface area contributed by atoms with E-state index in [0.717, 1.165) is 23.1 Å². The molecule has 0 radical (unpaired) electrons. The lowest BCUT2D eigenvalue weighted by Crippen LogP contribution is -2.29. The summed E-state index contributed by atoms with van der Waals surface area (Å²) in [6.07, 6.45) is 0. The number of hydrogen-bond acceptors (Lipinski definition) is 11. The molecule has 0 fully saturated rings. The van der Waals surface area contributed by atoms with Gasteiger partial charge in [-0.2, -0.15) is 0 Å². The minimum atomic E-state index is -0.661. The Kier molecular flexibility index (Phi) is 12.0. The zero-order valence-electron chi connectivity index (χ0n) is 24.6. The third-order valence-corrected chi connectivity index (χ3v) is 8.35. The average molecular weight is 672 g/mol. The Morgan fingerprint density at radius 2 is 1.69 bits per heavy atom. The van der Waals surface area contributed by atoms with Gasteiger partial charge in [-0.1, -0.05) is 47.6 Å². The second-order valence-corrected chi connectivity index (χ2v) is 11.5. The number of ether oxygens (including phenoxy) is 3. The number of halogens is 1. The second-order valence-electron chi connectivity index (χ2n) is 9.13. The number of anilines is 1. The van der Waals surface area contributed by atoms with Crippen LogP contribution in [0.4, 0.5) is 5.00 Å². The monoisotopic (exact) mass is 671 g/mol. The zero-order valence-corrected chi connectivity index (χ0v) is 27.0. The van der Waals surface area contributed by atoms with E-state index >= 15 is 0 Å². The van der Waals surface area contributed by atoms with Gasteiger partial charge in [-0.05, 0) is 56.7 Å². The van der Waals surface area contributed by atoms with Crippen LogP contribution in [-0.4, -0.2) is 64.1 Å². The number of hydrogen-bond donors (Lipinski definition) is 2. The van der Waals surface area contributed by atoms with Crippen LogP contribution in [-0.2, 0) is 25.6 Å². The van der Waals surface area contributed by atoms with E-state index < -0.39 is 17.8 Å². The highest BCUT2D eigenvalue weighted by molar-refractivity contribution is 7.99. The third-order valence-electron chi connectivity index (χ3n) is 6.00. The summed E-state index contributed by atoms with van der Waals surface area (Å²) in [5.74, 6) is -1.24. The van der Waals surface area contributed by atoms with Gasteiger partial charge in [0.2, 0.25) is 5.91 Å². The van der Waals surface area contributed by atoms with Crippen LogP contribution in [0.25, 0.3) is 5.69 Å². The molecule has 0 saturated carbocycles. The molecule has 2 aromatic carbocycles. The Morgan fingerprint density at radius 1 is 0.956 bits per heavy atom. The van der Waals surface area contributed by atoms with Crippen molar-refractivity contribution >= 4 is 63.5 Å². The molecule has 2 heterocycles. The maximum Gasteiger partial charge on any atom is 0.348 e. The van der Waals surface area contributed by atoms with Crippen molar-refractivity contribution in [2.45, 2.75) is 32.5 Å². The number of benzene rings is 2. The summed E-state index contributed by atoms with van der Waals surface area (Å²) in [4.78, 5) is 50.9. The van der Waals surface area contributed by atoms with Crippen LogP contribution in [0.1, 0.15) is 45.3 Å². The first-order chi connectivity index (χ1) is 21.7. The molecule has 2 amide bonds. The molecule has 0 aliphatic rings. The third kappa shape index (κ3) is 8.84. The average Bonchev–Trinajstić information content (AvgIpc) is 3.58. The highest BCUT2D eigenvalue weighted by Crippen LogP contribution is 2.35. The summed E-state index contributed by atoms with van der Waals surface area (Å²) >= 11 is 8.27. The van der Waals surface area contributed by atoms with Crippen molar-refractivity contribution in [1.82, 2.24) is 20.1 Å². The van der Waals surface area contributed by atoms with Gasteiger partial charge in [-0.25, -0.2) is 9.59 Å². The molecule has 0 aliphatic carbocycles. The molecule has 0 atom stereocenters. The minimum Gasteiger partial charge on any atom is -0.484 e. The van der Waals surface area contributed by atoms with Gasteiger partial charge in [0.15, 0.2) is 17.6 Å². The maximum atomic E-state index is 13.1. The first-order valence-electron chi connectivity index (χ1n) is 13.8. The summed E-state index contributed by atoms with van der Waals surface area (Å²) in [6.45, 7) is 5.05. The maximum absolute atomic E-state index is 13.1. The van der Waals surface area contributed by atoms with Gasteiger partial charge < -0.3 is 24.8 Å². The fraction of sp³-hybridized carbons (Fsp3) is 0.267. The zero-order chi connectivity index (χ0) is 32.3. The van der Waals surface area contributed by atoms with Gasteiger partial charge in [0.1, 0.15) is 15.6 Å². The molecule has 15 heteroatoms. The molecule has 0 unspecified atom stereocenters. The van der Waals surface area contributed by atoms with E-state index in [1.54, 1.807) is 61.7 Å². The lowest BCUT2D eigenvalue weighted by molar-refractivity contribution is -0.123. The molecule has 0 saturated heterocycles. The van der Waals surface area contributed by atoms with Gasteiger partial charge in [0, 0.05) is 5.02 Å². The quantitative estimate of drug-likeness (QED) is 0.137. The molecule has 236 valence electrons. The SMILES string of the molecule is CCOC(=O)c1sc(NC(=O)CSc2nnc(CNC(=O)COc3ccccc3)n2-c2cccc(Cl)c2)c(C(=O)OCC)c1C. The number of thioether (sulfide) groups is 1. The largest absolute Gasteiger partial charge is 0.484 e. The van der Waals surface area contributed by atoms with E-state index in [-0.39, 0.29) is 53.5 Å².